The minimum atomic E-state index is 0.584. The fourth-order valence-electron chi connectivity index (χ4n) is 2.60. The molecule has 84 valence electrons. The zero-order chi connectivity index (χ0) is 10.7. The second-order valence-electron chi connectivity index (χ2n) is 4.64. The van der Waals surface area contributed by atoms with Crippen LogP contribution in [0.15, 0.2) is 0 Å². The third-order valence-electron chi connectivity index (χ3n) is 3.45. The molecule has 1 saturated carbocycles. The van der Waals surface area contributed by atoms with E-state index in [2.05, 4.69) is 9.97 Å². The molecule has 0 unspecified atom stereocenters. The number of nitrogens with two attached hydrogens (primary N) is 1. The van der Waals surface area contributed by atoms with Gasteiger partial charge in [0.15, 0.2) is 0 Å². The van der Waals surface area contributed by atoms with E-state index in [0.29, 0.717) is 6.54 Å². The number of aromatic amines is 1. The summed E-state index contributed by atoms with van der Waals surface area (Å²) in [5.41, 5.74) is 8.00. The van der Waals surface area contributed by atoms with Gasteiger partial charge in [0.25, 0.3) is 0 Å². The molecule has 3 heteroatoms. The molecule has 0 atom stereocenters. The van der Waals surface area contributed by atoms with E-state index in [-0.39, 0.29) is 0 Å². The summed E-state index contributed by atoms with van der Waals surface area (Å²) in [6, 6.07) is 0. The van der Waals surface area contributed by atoms with E-state index in [1.165, 1.54) is 37.8 Å². The molecule has 1 heterocycles. The summed E-state index contributed by atoms with van der Waals surface area (Å²) < 4.78 is 0. The lowest BCUT2D eigenvalue weighted by Crippen LogP contribution is -2.03. The Hall–Kier alpha value is -0.830. The van der Waals surface area contributed by atoms with Crippen molar-refractivity contribution in [3.8, 4) is 0 Å². The van der Waals surface area contributed by atoms with Crippen molar-refractivity contribution >= 4 is 0 Å². The van der Waals surface area contributed by atoms with Crippen molar-refractivity contribution in [1.82, 2.24) is 9.97 Å². The quantitative estimate of drug-likeness (QED) is 0.796. The number of nitrogens with one attached hydrogen (secondary N) is 1. The van der Waals surface area contributed by atoms with E-state index < -0.39 is 0 Å². The van der Waals surface area contributed by atoms with Crippen LogP contribution in [0.1, 0.15) is 49.3 Å². The fourth-order valence-corrected chi connectivity index (χ4v) is 2.60. The number of nitrogens with zero attached hydrogens (tertiary/aromatic N) is 1. The van der Waals surface area contributed by atoms with Crippen molar-refractivity contribution in [3.05, 3.63) is 17.2 Å². The van der Waals surface area contributed by atoms with Crippen LogP contribution in [0.25, 0.3) is 0 Å². The van der Waals surface area contributed by atoms with Crippen LogP contribution < -0.4 is 5.73 Å². The van der Waals surface area contributed by atoms with Crippen LogP contribution in [-0.2, 0) is 13.0 Å². The lowest BCUT2D eigenvalue weighted by molar-refractivity contribution is 0.500. The summed E-state index contributed by atoms with van der Waals surface area (Å²) in [6.45, 7) is 2.58. The molecule has 1 aliphatic carbocycles. The molecule has 0 aliphatic heterocycles. The molecule has 1 aromatic rings. The zero-order valence-corrected chi connectivity index (χ0v) is 9.55. The smallest absolute Gasteiger partial charge is 0.103 e. The van der Waals surface area contributed by atoms with E-state index in [0.717, 1.165) is 23.9 Å². The van der Waals surface area contributed by atoms with Gasteiger partial charge in [0.05, 0.1) is 11.4 Å². The Morgan fingerprint density at radius 2 is 2.13 bits per heavy atom. The second kappa shape index (κ2) is 4.79. The van der Waals surface area contributed by atoms with E-state index >= 15 is 0 Å². The molecule has 15 heavy (non-hydrogen) atoms. The van der Waals surface area contributed by atoms with E-state index in [9.17, 15) is 0 Å². The molecule has 0 aromatic carbocycles. The number of hydrogen-bond donors (Lipinski definition) is 2. The number of aryl methyl sites for hydroxylation is 2. The Morgan fingerprint density at radius 1 is 1.40 bits per heavy atom. The third-order valence-corrected chi connectivity index (χ3v) is 3.45. The van der Waals surface area contributed by atoms with Gasteiger partial charge in [-0.25, -0.2) is 4.98 Å². The van der Waals surface area contributed by atoms with Gasteiger partial charge >= 0.3 is 0 Å². The van der Waals surface area contributed by atoms with Crippen molar-refractivity contribution in [3.63, 3.8) is 0 Å². The highest BCUT2D eigenvalue weighted by atomic mass is 14.9. The average Bonchev–Trinajstić information content (AvgIpc) is 2.83. The van der Waals surface area contributed by atoms with Crippen molar-refractivity contribution in [1.29, 1.82) is 0 Å². The summed E-state index contributed by atoms with van der Waals surface area (Å²) in [7, 11) is 0. The number of rotatable bonds is 4. The van der Waals surface area contributed by atoms with Crippen LogP contribution >= 0.6 is 0 Å². The molecule has 0 bridgehead atoms. The van der Waals surface area contributed by atoms with Gasteiger partial charge < -0.3 is 10.7 Å². The normalized spacial score (nSPS) is 17.5. The minimum absolute atomic E-state index is 0.584. The molecular formula is C12H21N3. The van der Waals surface area contributed by atoms with Crippen LogP contribution in [0.5, 0.6) is 0 Å². The maximum absolute atomic E-state index is 5.68. The van der Waals surface area contributed by atoms with E-state index in [1.54, 1.807) is 0 Å². The highest BCUT2D eigenvalue weighted by Gasteiger charge is 2.16. The van der Waals surface area contributed by atoms with E-state index in [1.807, 2.05) is 6.92 Å². The van der Waals surface area contributed by atoms with E-state index in [4.69, 9.17) is 5.73 Å². The molecule has 3 nitrogen and oxygen atoms in total. The van der Waals surface area contributed by atoms with Crippen molar-refractivity contribution in [2.24, 2.45) is 11.7 Å². The molecule has 1 aliphatic rings. The molecular weight excluding hydrogens is 186 g/mol. The molecule has 2 rings (SSSR count). The molecule has 1 fully saturated rings. The maximum Gasteiger partial charge on any atom is 0.103 e. The Balaban J connectivity index is 1.91. The summed E-state index contributed by atoms with van der Waals surface area (Å²) >= 11 is 0. The third kappa shape index (κ3) is 2.59. The van der Waals surface area contributed by atoms with Crippen molar-refractivity contribution in [2.45, 2.75) is 52.0 Å². The minimum Gasteiger partial charge on any atom is -0.345 e. The first-order valence-electron chi connectivity index (χ1n) is 6.04. The Kier molecular flexibility index (Phi) is 3.41. The summed E-state index contributed by atoms with van der Waals surface area (Å²) in [5.74, 6) is 1.93. The highest BCUT2D eigenvalue weighted by molar-refractivity contribution is 5.14. The largest absolute Gasteiger partial charge is 0.345 e. The van der Waals surface area contributed by atoms with Gasteiger partial charge in [-0.3, -0.25) is 0 Å². The first-order valence-corrected chi connectivity index (χ1v) is 6.04. The van der Waals surface area contributed by atoms with Gasteiger partial charge in [-0.2, -0.15) is 0 Å². The zero-order valence-electron chi connectivity index (χ0n) is 9.55. The Bertz CT molecular complexity index is 311. The number of H-pyrrole nitrogens is 1. The van der Waals surface area contributed by atoms with Crippen LogP contribution in [0, 0.1) is 12.8 Å². The van der Waals surface area contributed by atoms with Gasteiger partial charge in [0, 0.05) is 6.54 Å². The summed E-state index contributed by atoms with van der Waals surface area (Å²) in [5, 5.41) is 0. The summed E-state index contributed by atoms with van der Waals surface area (Å²) in [6.07, 6.45) is 8.07. The molecule has 0 saturated heterocycles. The SMILES string of the molecule is Cc1nc(CCC2CCCC2)c(CN)[nH]1. The molecule has 0 spiro atoms. The molecule has 0 radical (unpaired) electrons. The first kappa shape index (κ1) is 10.7. The summed E-state index contributed by atoms with van der Waals surface area (Å²) in [4.78, 5) is 7.74. The van der Waals surface area contributed by atoms with Gasteiger partial charge in [0.1, 0.15) is 5.82 Å². The number of imidazole rings is 1. The Morgan fingerprint density at radius 3 is 2.80 bits per heavy atom. The monoisotopic (exact) mass is 207 g/mol. The van der Waals surface area contributed by atoms with Crippen molar-refractivity contribution < 1.29 is 0 Å². The predicted octanol–water partition coefficient (Wildman–Crippen LogP) is 2.30. The van der Waals surface area contributed by atoms with Crippen LogP contribution in [0.2, 0.25) is 0 Å². The van der Waals surface area contributed by atoms with Gasteiger partial charge in [-0.1, -0.05) is 25.7 Å². The first-order chi connectivity index (χ1) is 7.29. The lowest BCUT2D eigenvalue weighted by Gasteiger charge is -2.07. The Labute approximate surface area is 91.5 Å². The molecule has 1 aromatic heterocycles. The fraction of sp³-hybridized carbons (Fsp3) is 0.750. The topological polar surface area (TPSA) is 54.7 Å². The van der Waals surface area contributed by atoms with Gasteiger partial charge in [0.2, 0.25) is 0 Å². The number of hydrogen-bond acceptors (Lipinski definition) is 2. The van der Waals surface area contributed by atoms with Crippen LogP contribution in [0.3, 0.4) is 0 Å². The van der Waals surface area contributed by atoms with Gasteiger partial charge in [-0.05, 0) is 25.7 Å². The standard InChI is InChI=1S/C12H21N3/c1-9-14-11(12(8-13)15-9)7-6-10-4-2-3-5-10/h10H,2-8,13H2,1H3,(H,14,15). The maximum atomic E-state index is 5.68. The lowest BCUT2D eigenvalue weighted by atomic mass is 10.00. The predicted molar refractivity (Wildman–Crippen MR) is 61.5 cm³/mol. The second-order valence-corrected chi connectivity index (χ2v) is 4.64. The molecule has 3 N–H and O–H groups in total. The van der Waals surface area contributed by atoms with Crippen molar-refractivity contribution in [2.75, 3.05) is 0 Å². The molecule has 0 amide bonds. The average molecular weight is 207 g/mol. The van der Waals surface area contributed by atoms with Gasteiger partial charge in [-0.15, -0.1) is 0 Å². The number of aromatic nitrogens is 2. The van der Waals surface area contributed by atoms with Crippen LogP contribution in [-0.4, -0.2) is 9.97 Å². The highest BCUT2D eigenvalue weighted by Crippen LogP contribution is 2.28. The van der Waals surface area contributed by atoms with Crippen LogP contribution in [0.4, 0.5) is 0 Å².